The number of hydrogen-bond donors (Lipinski definition) is 0. The van der Waals surface area contributed by atoms with E-state index in [0.29, 0.717) is 18.1 Å². The highest BCUT2D eigenvalue weighted by Gasteiger charge is 2.17. The van der Waals surface area contributed by atoms with Gasteiger partial charge >= 0.3 is 0 Å². The molecule has 0 saturated heterocycles. The van der Waals surface area contributed by atoms with Crippen molar-refractivity contribution >= 4 is 5.91 Å². The van der Waals surface area contributed by atoms with E-state index in [0.717, 1.165) is 10.6 Å². The normalized spacial score (nSPS) is 10.1. The lowest BCUT2D eigenvalue weighted by Crippen LogP contribution is -2.26. The number of benzene rings is 1. The van der Waals surface area contributed by atoms with E-state index < -0.39 is 0 Å². The van der Waals surface area contributed by atoms with Crippen LogP contribution in [0.3, 0.4) is 0 Å². The van der Waals surface area contributed by atoms with Crippen LogP contribution < -0.4 is 4.74 Å². The van der Waals surface area contributed by atoms with Gasteiger partial charge in [0.1, 0.15) is 12.2 Å². The second-order valence-electron chi connectivity index (χ2n) is 4.12. The smallest absolute Gasteiger partial charge is 0.282 e. The first-order valence-electron chi connectivity index (χ1n) is 6.16. The number of ether oxygens (including phenoxy) is 1. The van der Waals surface area contributed by atoms with Crippen molar-refractivity contribution < 1.29 is 14.4 Å². The van der Waals surface area contributed by atoms with Gasteiger partial charge in [-0.05, 0) is 17.7 Å². The molecule has 2 rings (SSSR count). The second kappa shape index (κ2) is 6.68. The zero-order valence-corrected chi connectivity index (χ0v) is 11.4. The van der Waals surface area contributed by atoms with Gasteiger partial charge in [-0.25, -0.2) is 10.0 Å². The van der Waals surface area contributed by atoms with Crippen LogP contribution in [-0.4, -0.2) is 30.1 Å². The highest BCUT2D eigenvalue weighted by atomic mass is 16.7. The molecule has 0 bridgehead atoms. The maximum Gasteiger partial charge on any atom is 0.282 e. The number of amides is 1. The van der Waals surface area contributed by atoms with Crippen LogP contribution in [0.15, 0.2) is 48.7 Å². The summed E-state index contributed by atoms with van der Waals surface area (Å²) < 4.78 is 5.62. The minimum Gasteiger partial charge on any atom is -0.472 e. The van der Waals surface area contributed by atoms with E-state index in [1.165, 1.54) is 14.2 Å². The fourth-order valence-corrected chi connectivity index (χ4v) is 1.65. The maximum absolute atomic E-state index is 12.1. The van der Waals surface area contributed by atoms with Crippen molar-refractivity contribution in [1.82, 2.24) is 10.0 Å². The first-order valence-corrected chi connectivity index (χ1v) is 6.16. The molecule has 0 N–H and O–H groups in total. The molecule has 0 aliphatic heterocycles. The molecular formula is C15H16N2O3. The number of carbonyl (C=O) groups excluding carboxylic acids is 1. The van der Waals surface area contributed by atoms with Crippen molar-refractivity contribution in [3.05, 3.63) is 59.8 Å². The summed E-state index contributed by atoms with van der Waals surface area (Å²) >= 11 is 0. The lowest BCUT2D eigenvalue weighted by molar-refractivity contribution is -0.0759. The van der Waals surface area contributed by atoms with Crippen molar-refractivity contribution in [3.8, 4) is 5.88 Å². The molecule has 0 aliphatic carbocycles. The minimum absolute atomic E-state index is 0.297. The average molecular weight is 272 g/mol. The topological polar surface area (TPSA) is 51.7 Å². The van der Waals surface area contributed by atoms with Gasteiger partial charge in [-0.2, -0.15) is 0 Å². The quantitative estimate of drug-likeness (QED) is 0.784. The number of rotatable bonds is 5. The van der Waals surface area contributed by atoms with E-state index >= 15 is 0 Å². The van der Waals surface area contributed by atoms with Crippen LogP contribution in [-0.2, 0) is 11.4 Å². The number of hydrogen-bond acceptors (Lipinski definition) is 4. The van der Waals surface area contributed by atoms with Gasteiger partial charge in [0.2, 0.25) is 5.88 Å². The Kier molecular flexibility index (Phi) is 4.68. The fourth-order valence-electron chi connectivity index (χ4n) is 1.65. The third kappa shape index (κ3) is 3.33. The molecule has 20 heavy (non-hydrogen) atoms. The number of pyridine rings is 1. The minimum atomic E-state index is -0.302. The summed E-state index contributed by atoms with van der Waals surface area (Å²) in [5.74, 6) is -0.00563. The molecule has 1 aromatic heterocycles. The van der Waals surface area contributed by atoms with Crippen LogP contribution in [0.1, 0.15) is 15.9 Å². The molecule has 0 radical (unpaired) electrons. The predicted octanol–water partition coefficient (Wildman–Crippen LogP) is 2.29. The highest BCUT2D eigenvalue weighted by molar-refractivity contribution is 5.95. The maximum atomic E-state index is 12.1. The van der Waals surface area contributed by atoms with Gasteiger partial charge < -0.3 is 4.74 Å². The Labute approximate surface area is 117 Å². The van der Waals surface area contributed by atoms with Gasteiger partial charge in [0.05, 0.1) is 7.11 Å². The summed E-state index contributed by atoms with van der Waals surface area (Å²) in [5, 5.41) is 1.13. The molecule has 0 aliphatic rings. The zero-order valence-electron chi connectivity index (χ0n) is 11.4. The van der Waals surface area contributed by atoms with Gasteiger partial charge in [-0.15, -0.1) is 0 Å². The summed E-state index contributed by atoms with van der Waals surface area (Å²) in [7, 11) is 2.97. The molecule has 104 valence electrons. The van der Waals surface area contributed by atoms with Crippen LogP contribution in [0.4, 0.5) is 0 Å². The standard InChI is InChI=1S/C15H16N2O3/c1-17(19-2)15(18)13-9-6-10-16-14(13)20-11-12-7-4-3-5-8-12/h3-10H,11H2,1-2H3. The van der Waals surface area contributed by atoms with E-state index in [4.69, 9.17) is 9.57 Å². The van der Waals surface area contributed by atoms with E-state index in [-0.39, 0.29) is 5.91 Å². The summed E-state index contributed by atoms with van der Waals surface area (Å²) in [6, 6.07) is 13.0. The van der Waals surface area contributed by atoms with Crippen LogP contribution in [0, 0.1) is 0 Å². The fraction of sp³-hybridized carbons (Fsp3) is 0.200. The van der Waals surface area contributed by atoms with Gasteiger partial charge in [-0.3, -0.25) is 9.63 Å². The summed E-state index contributed by atoms with van der Waals surface area (Å²) in [4.78, 5) is 21.1. The lowest BCUT2D eigenvalue weighted by Gasteiger charge is -2.15. The van der Waals surface area contributed by atoms with Gasteiger partial charge in [-0.1, -0.05) is 30.3 Å². The largest absolute Gasteiger partial charge is 0.472 e. The second-order valence-corrected chi connectivity index (χ2v) is 4.12. The van der Waals surface area contributed by atoms with Crippen molar-refractivity contribution in [3.63, 3.8) is 0 Å². The Morgan fingerprint density at radius 1 is 1.20 bits per heavy atom. The van der Waals surface area contributed by atoms with E-state index in [2.05, 4.69) is 4.98 Å². The predicted molar refractivity (Wildman–Crippen MR) is 74.1 cm³/mol. The molecule has 5 nitrogen and oxygen atoms in total. The molecule has 0 unspecified atom stereocenters. The summed E-state index contributed by atoms with van der Waals surface area (Å²) in [6.45, 7) is 0.356. The Morgan fingerprint density at radius 2 is 1.95 bits per heavy atom. The third-order valence-electron chi connectivity index (χ3n) is 2.78. The molecule has 2 aromatic rings. The third-order valence-corrected chi connectivity index (χ3v) is 2.78. The number of nitrogens with zero attached hydrogens (tertiary/aromatic N) is 2. The number of aromatic nitrogens is 1. The number of carbonyl (C=O) groups is 1. The molecule has 1 aromatic carbocycles. The molecule has 0 saturated carbocycles. The first kappa shape index (κ1) is 14.0. The SMILES string of the molecule is CON(C)C(=O)c1cccnc1OCc1ccccc1. The molecule has 1 heterocycles. The van der Waals surface area contributed by atoms with Crippen molar-refractivity contribution in [2.45, 2.75) is 6.61 Å². The molecule has 0 fully saturated rings. The Bertz CT molecular complexity index is 572. The van der Waals surface area contributed by atoms with Crippen LogP contribution in [0.25, 0.3) is 0 Å². The highest BCUT2D eigenvalue weighted by Crippen LogP contribution is 2.17. The molecule has 5 heteroatoms. The van der Waals surface area contributed by atoms with E-state index in [9.17, 15) is 4.79 Å². The Hall–Kier alpha value is -2.40. The zero-order chi connectivity index (χ0) is 14.4. The molecular weight excluding hydrogens is 256 g/mol. The Balaban J connectivity index is 2.14. The van der Waals surface area contributed by atoms with Gasteiger partial charge in [0.25, 0.3) is 5.91 Å². The van der Waals surface area contributed by atoms with E-state index in [1.807, 2.05) is 30.3 Å². The van der Waals surface area contributed by atoms with Crippen molar-refractivity contribution in [2.75, 3.05) is 14.2 Å². The molecule has 0 atom stereocenters. The molecule has 0 spiro atoms. The van der Waals surface area contributed by atoms with Crippen LogP contribution in [0.2, 0.25) is 0 Å². The van der Waals surface area contributed by atoms with Crippen LogP contribution in [0.5, 0.6) is 5.88 Å². The summed E-state index contributed by atoms with van der Waals surface area (Å²) in [6.07, 6.45) is 1.59. The van der Waals surface area contributed by atoms with Crippen LogP contribution >= 0.6 is 0 Å². The average Bonchev–Trinajstić information content (AvgIpc) is 2.52. The monoisotopic (exact) mass is 272 g/mol. The summed E-state index contributed by atoms with van der Waals surface area (Å²) in [5.41, 5.74) is 1.38. The number of hydroxylamine groups is 2. The van der Waals surface area contributed by atoms with Crippen molar-refractivity contribution in [2.24, 2.45) is 0 Å². The Morgan fingerprint density at radius 3 is 2.65 bits per heavy atom. The van der Waals surface area contributed by atoms with E-state index in [1.54, 1.807) is 18.3 Å². The van der Waals surface area contributed by atoms with Crippen molar-refractivity contribution in [1.29, 1.82) is 0 Å². The first-order chi connectivity index (χ1) is 9.72. The lowest BCUT2D eigenvalue weighted by atomic mass is 10.2. The molecule has 1 amide bonds. The van der Waals surface area contributed by atoms with Gasteiger partial charge in [0, 0.05) is 13.2 Å². The van der Waals surface area contributed by atoms with Gasteiger partial charge in [0.15, 0.2) is 0 Å².